The highest BCUT2D eigenvalue weighted by atomic mass is 16.7. The zero-order chi connectivity index (χ0) is 13.9. The van der Waals surface area contributed by atoms with Crippen LogP contribution in [0.2, 0.25) is 0 Å². The molecule has 1 N–H and O–H groups in total. The predicted octanol–water partition coefficient (Wildman–Crippen LogP) is 0.909. The van der Waals surface area contributed by atoms with Gasteiger partial charge in [0.1, 0.15) is 0 Å². The maximum atomic E-state index is 5.43. The first kappa shape index (κ1) is 12.9. The van der Waals surface area contributed by atoms with Crippen LogP contribution in [0.25, 0.3) is 0 Å². The van der Waals surface area contributed by atoms with Crippen molar-refractivity contribution in [2.75, 3.05) is 20.4 Å². The van der Waals surface area contributed by atoms with Gasteiger partial charge in [-0.1, -0.05) is 6.07 Å². The van der Waals surface area contributed by atoms with Gasteiger partial charge in [0, 0.05) is 0 Å². The van der Waals surface area contributed by atoms with Gasteiger partial charge in [-0.2, -0.15) is 4.80 Å². The van der Waals surface area contributed by atoms with Crippen molar-refractivity contribution in [3.8, 4) is 11.5 Å². The Labute approximate surface area is 116 Å². The molecule has 1 aromatic carbocycles. The number of fused-ring (bicyclic) bond motifs is 1. The summed E-state index contributed by atoms with van der Waals surface area (Å²) in [5, 5.41) is 15.5. The van der Waals surface area contributed by atoms with Crippen molar-refractivity contribution in [3.05, 3.63) is 29.6 Å². The lowest BCUT2D eigenvalue weighted by molar-refractivity contribution is 0.174. The molecule has 1 aliphatic heterocycles. The molecule has 0 amide bonds. The van der Waals surface area contributed by atoms with Crippen molar-refractivity contribution in [2.45, 2.75) is 19.4 Å². The summed E-state index contributed by atoms with van der Waals surface area (Å²) in [5.41, 5.74) is 1.09. The van der Waals surface area contributed by atoms with Crippen molar-refractivity contribution in [2.24, 2.45) is 0 Å². The number of aryl methyl sites for hydroxylation is 1. The van der Waals surface area contributed by atoms with Gasteiger partial charge in [-0.25, -0.2) is 0 Å². The summed E-state index contributed by atoms with van der Waals surface area (Å²) in [7, 11) is 1.93. The van der Waals surface area contributed by atoms with Gasteiger partial charge in [-0.15, -0.1) is 10.2 Å². The number of hydrogen-bond donors (Lipinski definition) is 1. The Morgan fingerprint density at radius 1 is 1.35 bits per heavy atom. The van der Waals surface area contributed by atoms with E-state index in [1.54, 1.807) is 4.80 Å². The maximum absolute atomic E-state index is 5.43. The number of hydrogen-bond acceptors (Lipinski definition) is 6. The molecule has 0 saturated carbocycles. The molecule has 1 atom stereocenters. The Bertz CT molecular complexity index is 598. The monoisotopic (exact) mass is 275 g/mol. The lowest BCUT2D eigenvalue weighted by Crippen LogP contribution is -2.20. The number of nitrogens with zero attached hydrogens (tertiary/aromatic N) is 4. The molecule has 20 heavy (non-hydrogen) atoms. The third kappa shape index (κ3) is 2.44. The van der Waals surface area contributed by atoms with E-state index >= 15 is 0 Å². The zero-order valence-electron chi connectivity index (χ0n) is 11.5. The Kier molecular flexibility index (Phi) is 3.51. The molecule has 0 spiro atoms. The molecular formula is C13H17N5O2. The van der Waals surface area contributed by atoms with Gasteiger partial charge in [0.05, 0.1) is 6.04 Å². The molecule has 106 valence electrons. The first-order valence-electron chi connectivity index (χ1n) is 6.58. The second-order valence-electron chi connectivity index (χ2n) is 4.68. The van der Waals surface area contributed by atoms with Crippen LogP contribution in [0.1, 0.15) is 23.9 Å². The van der Waals surface area contributed by atoms with Crippen LogP contribution in [0, 0.1) is 6.92 Å². The topological polar surface area (TPSA) is 74.1 Å². The summed E-state index contributed by atoms with van der Waals surface area (Å²) in [4.78, 5) is 1.66. The van der Waals surface area contributed by atoms with E-state index in [-0.39, 0.29) is 12.8 Å². The predicted molar refractivity (Wildman–Crippen MR) is 71.8 cm³/mol. The van der Waals surface area contributed by atoms with Gasteiger partial charge in [0.25, 0.3) is 0 Å². The standard InChI is InChI=1S/C13H17N5O2/c1-9-15-17-18(16-9)11(5-6-14-2)10-3-4-12-13(7-10)20-8-19-12/h3-4,7,11,14H,5-6,8H2,1-2H3. The molecule has 0 radical (unpaired) electrons. The number of aromatic nitrogens is 4. The second kappa shape index (κ2) is 5.46. The molecule has 0 aliphatic carbocycles. The number of ether oxygens (including phenoxy) is 2. The largest absolute Gasteiger partial charge is 0.454 e. The van der Waals surface area contributed by atoms with Crippen LogP contribution in [0.3, 0.4) is 0 Å². The smallest absolute Gasteiger partial charge is 0.231 e. The third-order valence-electron chi connectivity index (χ3n) is 3.26. The van der Waals surface area contributed by atoms with E-state index in [0.717, 1.165) is 30.0 Å². The third-order valence-corrected chi connectivity index (χ3v) is 3.26. The lowest BCUT2D eigenvalue weighted by atomic mass is 10.0. The molecule has 1 aliphatic rings. The Morgan fingerprint density at radius 3 is 2.95 bits per heavy atom. The number of benzene rings is 1. The van der Waals surface area contributed by atoms with Crippen molar-refractivity contribution in [1.82, 2.24) is 25.5 Å². The summed E-state index contributed by atoms with van der Waals surface area (Å²) in [6.07, 6.45) is 0.867. The van der Waals surface area contributed by atoms with E-state index in [9.17, 15) is 0 Å². The maximum Gasteiger partial charge on any atom is 0.231 e. The van der Waals surface area contributed by atoms with E-state index in [2.05, 4.69) is 20.7 Å². The molecule has 0 saturated heterocycles. The minimum absolute atomic E-state index is 0.0261. The van der Waals surface area contributed by atoms with Crippen molar-refractivity contribution in [1.29, 1.82) is 0 Å². The fraction of sp³-hybridized carbons (Fsp3) is 0.462. The summed E-state index contributed by atoms with van der Waals surface area (Å²) >= 11 is 0. The van der Waals surface area contributed by atoms with Crippen LogP contribution in [-0.2, 0) is 0 Å². The molecule has 0 fully saturated rings. The van der Waals surface area contributed by atoms with E-state index in [0.29, 0.717) is 5.82 Å². The van der Waals surface area contributed by atoms with Crippen LogP contribution in [0.4, 0.5) is 0 Å². The zero-order valence-corrected chi connectivity index (χ0v) is 11.5. The van der Waals surface area contributed by atoms with Crippen LogP contribution in [0.15, 0.2) is 18.2 Å². The van der Waals surface area contributed by atoms with Gasteiger partial charge >= 0.3 is 0 Å². The molecule has 1 unspecified atom stereocenters. The molecule has 0 bridgehead atoms. The van der Waals surface area contributed by atoms with E-state index in [1.165, 1.54) is 0 Å². The van der Waals surface area contributed by atoms with E-state index in [1.807, 2.05) is 32.2 Å². The Hall–Kier alpha value is -2.15. The van der Waals surface area contributed by atoms with Crippen molar-refractivity contribution in [3.63, 3.8) is 0 Å². The average Bonchev–Trinajstić information content (AvgIpc) is 3.07. The molecule has 2 heterocycles. The van der Waals surface area contributed by atoms with Crippen molar-refractivity contribution >= 4 is 0 Å². The lowest BCUT2D eigenvalue weighted by Gasteiger charge is -2.16. The number of tetrazole rings is 1. The van der Waals surface area contributed by atoms with E-state index in [4.69, 9.17) is 9.47 Å². The molecule has 3 rings (SSSR count). The van der Waals surface area contributed by atoms with Crippen LogP contribution >= 0.6 is 0 Å². The highest BCUT2D eigenvalue weighted by Gasteiger charge is 2.20. The normalized spacial score (nSPS) is 14.5. The number of rotatable bonds is 5. The highest BCUT2D eigenvalue weighted by molar-refractivity contribution is 5.45. The summed E-state index contributed by atoms with van der Waals surface area (Å²) < 4.78 is 10.8. The minimum Gasteiger partial charge on any atom is -0.454 e. The van der Waals surface area contributed by atoms with Gasteiger partial charge in [0.2, 0.25) is 6.79 Å². The summed E-state index contributed by atoms with van der Waals surface area (Å²) in [5.74, 6) is 2.22. The summed E-state index contributed by atoms with van der Waals surface area (Å²) in [6.45, 7) is 2.97. The fourth-order valence-electron chi connectivity index (χ4n) is 2.25. The quantitative estimate of drug-likeness (QED) is 0.874. The van der Waals surface area contributed by atoms with Gasteiger partial charge in [0.15, 0.2) is 17.3 Å². The Morgan fingerprint density at radius 2 is 2.20 bits per heavy atom. The highest BCUT2D eigenvalue weighted by Crippen LogP contribution is 2.35. The minimum atomic E-state index is 0.0261. The van der Waals surface area contributed by atoms with Crippen LogP contribution in [-0.4, -0.2) is 40.6 Å². The van der Waals surface area contributed by atoms with Gasteiger partial charge < -0.3 is 14.8 Å². The molecule has 7 heteroatoms. The Balaban J connectivity index is 1.92. The first-order valence-corrected chi connectivity index (χ1v) is 6.58. The number of nitrogens with one attached hydrogen (secondary N) is 1. The first-order chi connectivity index (χ1) is 9.78. The molecule has 1 aromatic heterocycles. The van der Waals surface area contributed by atoms with Crippen LogP contribution in [0.5, 0.6) is 11.5 Å². The van der Waals surface area contributed by atoms with Crippen molar-refractivity contribution < 1.29 is 9.47 Å². The molecular weight excluding hydrogens is 258 g/mol. The molecule has 2 aromatic rings. The van der Waals surface area contributed by atoms with Gasteiger partial charge in [-0.05, 0) is 49.8 Å². The summed E-state index contributed by atoms with van der Waals surface area (Å²) in [6, 6.07) is 5.96. The SMILES string of the molecule is CNCCC(c1ccc2c(c1)OCO2)n1nnc(C)n1. The fourth-order valence-corrected chi connectivity index (χ4v) is 2.25. The van der Waals surface area contributed by atoms with E-state index < -0.39 is 0 Å². The van der Waals surface area contributed by atoms with Gasteiger partial charge in [-0.3, -0.25) is 0 Å². The van der Waals surface area contributed by atoms with Crippen LogP contribution < -0.4 is 14.8 Å². The average molecular weight is 275 g/mol. The molecule has 7 nitrogen and oxygen atoms in total. The second-order valence-corrected chi connectivity index (χ2v) is 4.68.